The molecule has 0 saturated carbocycles. The number of anilines is 1. The second-order valence-corrected chi connectivity index (χ2v) is 5.20. The first-order valence-corrected chi connectivity index (χ1v) is 7.57. The van der Waals surface area contributed by atoms with E-state index in [0.717, 1.165) is 5.56 Å². The Kier molecular flexibility index (Phi) is 6.06. The van der Waals surface area contributed by atoms with E-state index in [2.05, 4.69) is 17.2 Å². The molecule has 0 aromatic heterocycles. The quantitative estimate of drug-likeness (QED) is 0.482. The second-order valence-electron chi connectivity index (χ2n) is 5.20. The standard InChI is InChI=1S/C19H18N2O4/c1-3-18(23)20-12-14-6-4-8-16(10-14)21-19(24)15-7-5-9-17(11-15)25-13(2)22/h3-11H,1,12H2,2H3,(H,20,23)(H,21,24). The molecule has 0 radical (unpaired) electrons. The van der Waals surface area contributed by atoms with Gasteiger partial charge in [0.15, 0.2) is 0 Å². The van der Waals surface area contributed by atoms with Gasteiger partial charge in [-0.3, -0.25) is 14.4 Å². The normalized spacial score (nSPS) is 9.80. The van der Waals surface area contributed by atoms with E-state index in [1.54, 1.807) is 36.4 Å². The zero-order valence-corrected chi connectivity index (χ0v) is 13.7. The molecule has 2 rings (SSSR count). The Hall–Kier alpha value is -3.41. The largest absolute Gasteiger partial charge is 0.427 e. The highest BCUT2D eigenvalue weighted by Crippen LogP contribution is 2.16. The molecule has 0 aliphatic heterocycles. The van der Waals surface area contributed by atoms with Gasteiger partial charge < -0.3 is 15.4 Å². The summed E-state index contributed by atoms with van der Waals surface area (Å²) in [4.78, 5) is 34.5. The van der Waals surface area contributed by atoms with Crippen molar-refractivity contribution >= 4 is 23.5 Å². The molecule has 0 aliphatic carbocycles. The van der Waals surface area contributed by atoms with Crippen LogP contribution in [0.5, 0.6) is 5.75 Å². The van der Waals surface area contributed by atoms with Crippen LogP contribution in [0.3, 0.4) is 0 Å². The number of rotatable bonds is 6. The molecule has 0 atom stereocenters. The van der Waals surface area contributed by atoms with Gasteiger partial charge in [0.2, 0.25) is 5.91 Å². The number of nitrogens with one attached hydrogen (secondary N) is 2. The lowest BCUT2D eigenvalue weighted by Gasteiger charge is -2.09. The maximum absolute atomic E-state index is 12.3. The molecule has 0 fully saturated rings. The number of ether oxygens (including phenoxy) is 1. The first kappa shape index (κ1) is 17.9. The number of carbonyl (C=O) groups is 3. The van der Waals surface area contributed by atoms with E-state index >= 15 is 0 Å². The lowest BCUT2D eigenvalue weighted by Crippen LogP contribution is -2.20. The Balaban J connectivity index is 2.06. The molecule has 2 aromatic carbocycles. The van der Waals surface area contributed by atoms with Gasteiger partial charge in [0.05, 0.1) is 0 Å². The highest BCUT2D eigenvalue weighted by molar-refractivity contribution is 6.04. The van der Waals surface area contributed by atoms with E-state index in [1.807, 2.05) is 6.07 Å². The molecule has 2 amide bonds. The third-order valence-electron chi connectivity index (χ3n) is 3.19. The molecular weight excluding hydrogens is 320 g/mol. The van der Waals surface area contributed by atoms with Gasteiger partial charge in [0.1, 0.15) is 5.75 Å². The molecule has 6 nitrogen and oxygen atoms in total. The molecule has 25 heavy (non-hydrogen) atoms. The SMILES string of the molecule is C=CC(=O)NCc1cccc(NC(=O)c2cccc(OC(C)=O)c2)c1. The van der Waals surface area contributed by atoms with Crippen LogP contribution in [0.25, 0.3) is 0 Å². The molecule has 0 heterocycles. The molecule has 0 unspecified atom stereocenters. The van der Waals surface area contributed by atoms with Gasteiger partial charge in [-0.05, 0) is 42.0 Å². The lowest BCUT2D eigenvalue weighted by atomic mass is 10.1. The third-order valence-corrected chi connectivity index (χ3v) is 3.19. The molecular formula is C19H18N2O4. The number of hydrogen-bond acceptors (Lipinski definition) is 4. The van der Waals surface area contributed by atoms with Crippen molar-refractivity contribution in [3.8, 4) is 5.75 Å². The van der Waals surface area contributed by atoms with Crippen molar-refractivity contribution in [1.82, 2.24) is 5.32 Å². The predicted molar refractivity (Wildman–Crippen MR) is 94.2 cm³/mol. The van der Waals surface area contributed by atoms with E-state index in [1.165, 1.54) is 19.1 Å². The Labute approximate surface area is 145 Å². The van der Waals surface area contributed by atoms with Gasteiger partial charge in [-0.2, -0.15) is 0 Å². The second kappa shape index (κ2) is 8.44. The molecule has 0 saturated heterocycles. The van der Waals surface area contributed by atoms with Crippen molar-refractivity contribution in [2.75, 3.05) is 5.32 Å². The highest BCUT2D eigenvalue weighted by Gasteiger charge is 2.09. The molecule has 2 N–H and O–H groups in total. The number of benzene rings is 2. The maximum Gasteiger partial charge on any atom is 0.308 e. The van der Waals surface area contributed by atoms with Gasteiger partial charge in [-0.15, -0.1) is 0 Å². The summed E-state index contributed by atoms with van der Waals surface area (Å²) in [5.74, 6) is -0.745. The van der Waals surface area contributed by atoms with Gasteiger partial charge in [-0.25, -0.2) is 0 Å². The van der Waals surface area contributed by atoms with Crippen LogP contribution >= 0.6 is 0 Å². The van der Waals surface area contributed by atoms with Crippen LogP contribution in [-0.2, 0) is 16.1 Å². The number of amides is 2. The summed E-state index contributed by atoms with van der Waals surface area (Å²) in [6.07, 6.45) is 1.20. The Morgan fingerprint density at radius 1 is 1.12 bits per heavy atom. The summed E-state index contributed by atoms with van der Waals surface area (Å²) in [7, 11) is 0. The lowest BCUT2D eigenvalue weighted by molar-refractivity contribution is -0.131. The average molecular weight is 338 g/mol. The summed E-state index contributed by atoms with van der Waals surface area (Å²) >= 11 is 0. The molecule has 0 bridgehead atoms. The smallest absolute Gasteiger partial charge is 0.308 e. The first-order valence-electron chi connectivity index (χ1n) is 7.57. The van der Waals surface area contributed by atoms with Crippen LogP contribution in [-0.4, -0.2) is 17.8 Å². The summed E-state index contributed by atoms with van der Waals surface area (Å²) in [5.41, 5.74) is 1.79. The number of esters is 1. The van der Waals surface area contributed by atoms with Crippen LogP contribution < -0.4 is 15.4 Å². The Bertz CT molecular complexity index is 815. The fourth-order valence-corrected chi connectivity index (χ4v) is 2.09. The minimum atomic E-state index is -0.452. The Morgan fingerprint density at radius 2 is 1.88 bits per heavy atom. The Morgan fingerprint density at radius 3 is 2.60 bits per heavy atom. The summed E-state index contributed by atoms with van der Waals surface area (Å²) in [6, 6.07) is 13.5. The monoisotopic (exact) mass is 338 g/mol. The summed E-state index contributed by atoms with van der Waals surface area (Å²) in [6.45, 7) is 5.01. The van der Waals surface area contributed by atoms with Crippen LogP contribution in [0.1, 0.15) is 22.8 Å². The highest BCUT2D eigenvalue weighted by atomic mass is 16.5. The van der Waals surface area contributed by atoms with Crippen molar-refractivity contribution < 1.29 is 19.1 Å². The predicted octanol–water partition coefficient (Wildman–Crippen LogP) is 2.67. The van der Waals surface area contributed by atoms with Gasteiger partial charge in [-0.1, -0.05) is 24.8 Å². The maximum atomic E-state index is 12.3. The van der Waals surface area contributed by atoms with Gasteiger partial charge in [0, 0.05) is 24.7 Å². The van der Waals surface area contributed by atoms with Crippen LogP contribution in [0.4, 0.5) is 5.69 Å². The topological polar surface area (TPSA) is 84.5 Å². The molecule has 0 spiro atoms. The van der Waals surface area contributed by atoms with Crippen LogP contribution in [0.2, 0.25) is 0 Å². The van der Waals surface area contributed by atoms with E-state index in [9.17, 15) is 14.4 Å². The molecule has 0 aliphatic rings. The third kappa shape index (κ3) is 5.62. The van der Waals surface area contributed by atoms with E-state index in [4.69, 9.17) is 4.74 Å². The van der Waals surface area contributed by atoms with Crippen molar-refractivity contribution in [3.05, 3.63) is 72.3 Å². The molecule has 2 aromatic rings. The first-order chi connectivity index (χ1) is 12.0. The zero-order valence-electron chi connectivity index (χ0n) is 13.7. The fourth-order valence-electron chi connectivity index (χ4n) is 2.09. The van der Waals surface area contributed by atoms with Gasteiger partial charge in [0.25, 0.3) is 5.91 Å². The van der Waals surface area contributed by atoms with E-state index in [-0.39, 0.29) is 11.8 Å². The van der Waals surface area contributed by atoms with Crippen LogP contribution in [0.15, 0.2) is 61.2 Å². The minimum absolute atomic E-state index is 0.267. The molecule has 128 valence electrons. The minimum Gasteiger partial charge on any atom is -0.427 e. The number of hydrogen-bond donors (Lipinski definition) is 2. The summed E-state index contributed by atoms with van der Waals surface area (Å²) < 4.78 is 4.97. The number of carbonyl (C=O) groups excluding carboxylic acids is 3. The van der Waals surface area contributed by atoms with Crippen LogP contribution in [0, 0.1) is 0 Å². The van der Waals surface area contributed by atoms with Crippen molar-refractivity contribution in [3.63, 3.8) is 0 Å². The average Bonchev–Trinajstić information content (AvgIpc) is 2.59. The van der Waals surface area contributed by atoms with E-state index < -0.39 is 5.97 Å². The van der Waals surface area contributed by atoms with Crippen molar-refractivity contribution in [2.45, 2.75) is 13.5 Å². The summed E-state index contributed by atoms with van der Waals surface area (Å²) in [5, 5.41) is 5.44. The van der Waals surface area contributed by atoms with Gasteiger partial charge >= 0.3 is 5.97 Å². The van der Waals surface area contributed by atoms with Crippen molar-refractivity contribution in [2.24, 2.45) is 0 Å². The van der Waals surface area contributed by atoms with E-state index in [0.29, 0.717) is 23.5 Å². The van der Waals surface area contributed by atoms with Crippen molar-refractivity contribution in [1.29, 1.82) is 0 Å². The fraction of sp³-hybridized carbons (Fsp3) is 0.105. The molecule has 6 heteroatoms. The zero-order chi connectivity index (χ0) is 18.2.